The van der Waals surface area contributed by atoms with Crippen molar-refractivity contribution in [2.45, 2.75) is 12.5 Å². The molecule has 0 fully saturated rings. The molecule has 3 N–H and O–H groups in total. The van der Waals surface area contributed by atoms with Gasteiger partial charge in [-0.05, 0) is 6.42 Å². The summed E-state index contributed by atoms with van der Waals surface area (Å²) >= 11 is 0. The Morgan fingerprint density at radius 1 is 0.750 bits per heavy atom. The van der Waals surface area contributed by atoms with Crippen LogP contribution in [-0.4, -0.2) is 95.1 Å². The first-order valence-corrected chi connectivity index (χ1v) is 8.47. The quantitative estimate of drug-likeness (QED) is 0.286. The molecule has 0 aromatic heterocycles. The third kappa shape index (κ3) is 7.06. The predicted octanol–water partition coefficient (Wildman–Crippen LogP) is -1.29. The van der Waals surface area contributed by atoms with E-state index in [1.165, 1.54) is 4.90 Å². The van der Waals surface area contributed by atoms with Gasteiger partial charge in [0.2, 0.25) is 0 Å². The first-order valence-electron chi connectivity index (χ1n) is 6.54. The van der Waals surface area contributed by atoms with E-state index in [0.717, 1.165) is 6.42 Å². The largest absolute Gasteiger partial charge is 0.500 e. The summed E-state index contributed by atoms with van der Waals surface area (Å²) in [4.78, 5) is 3.28. The molecule has 0 rings (SSSR count). The van der Waals surface area contributed by atoms with Gasteiger partial charge in [-0.25, -0.2) is 0 Å². The van der Waals surface area contributed by atoms with Gasteiger partial charge in [0, 0.05) is 47.0 Å². The van der Waals surface area contributed by atoms with Crippen molar-refractivity contribution in [3.8, 4) is 0 Å². The van der Waals surface area contributed by atoms with Gasteiger partial charge in [0.15, 0.2) is 0 Å². The molecule has 0 aromatic carbocycles. The van der Waals surface area contributed by atoms with Crippen LogP contribution in [0.4, 0.5) is 0 Å². The highest BCUT2D eigenvalue weighted by Crippen LogP contribution is 2.15. The van der Waals surface area contributed by atoms with E-state index in [2.05, 4.69) is 0 Å². The Balaban J connectivity index is 4.06. The maximum atomic E-state index is 9.29. The minimum atomic E-state index is -2.55. The summed E-state index contributed by atoms with van der Waals surface area (Å²) in [6.45, 7) is 1.21. The normalized spacial score (nSPS) is 12.6. The zero-order valence-corrected chi connectivity index (χ0v) is 13.6. The third-order valence-electron chi connectivity index (χ3n) is 3.22. The van der Waals surface area contributed by atoms with E-state index in [1.54, 1.807) is 21.3 Å². The van der Waals surface area contributed by atoms with Gasteiger partial charge in [0.05, 0.1) is 20.2 Å². The second kappa shape index (κ2) is 11.5. The zero-order chi connectivity index (χ0) is 15.4. The van der Waals surface area contributed by atoms with Gasteiger partial charge < -0.3 is 28.6 Å². The van der Waals surface area contributed by atoms with Gasteiger partial charge in [-0.15, -0.1) is 0 Å². The fourth-order valence-corrected chi connectivity index (χ4v) is 3.50. The second-order valence-electron chi connectivity index (χ2n) is 4.34. The van der Waals surface area contributed by atoms with Crippen LogP contribution in [0.1, 0.15) is 6.42 Å². The van der Waals surface area contributed by atoms with Gasteiger partial charge in [-0.2, -0.15) is 0 Å². The molecule has 0 aromatic rings. The Hall–Kier alpha value is -0.103. The molecule has 0 radical (unpaired) electrons. The molecule has 0 aliphatic rings. The van der Waals surface area contributed by atoms with E-state index in [4.69, 9.17) is 23.5 Å². The van der Waals surface area contributed by atoms with Crippen molar-refractivity contribution in [3.63, 3.8) is 0 Å². The van der Waals surface area contributed by atoms with Crippen molar-refractivity contribution in [2.24, 2.45) is 0 Å². The summed E-state index contributed by atoms with van der Waals surface area (Å²) in [5.74, 6) is 0. The van der Waals surface area contributed by atoms with E-state index < -0.39 is 8.80 Å². The average molecular weight is 312 g/mol. The SMILES string of the molecule is CO[Si](CCCN(CO)CCN(CO)CO)(OC)OC. The lowest BCUT2D eigenvalue weighted by Gasteiger charge is -2.27. The van der Waals surface area contributed by atoms with Crippen LogP contribution in [0.2, 0.25) is 6.04 Å². The molecule has 0 heterocycles. The summed E-state index contributed by atoms with van der Waals surface area (Å²) in [6, 6.07) is 0.663. The van der Waals surface area contributed by atoms with Crippen LogP contribution in [0.3, 0.4) is 0 Å². The van der Waals surface area contributed by atoms with Crippen molar-refractivity contribution < 1.29 is 28.6 Å². The van der Waals surface area contributed by atoms with Crippen molar-refractivity contribution >= 4 is 8.80 Å². The van der Waals surface area contributed by atoms with E-state index >= 15 is 0 Å². The topological polar surface area (TPSA) is 94.9 Å². The molecule has 0 aliphatic carbocycles. The number of aliphatic hydroxyl groups is 3. The van der Waals surface area contributed by atoms with Crippen molar-refractivity contribution in [2.75, 3.05) is 61.2 Å². The number of rotatable bonds is 13. The maximum absolute atomic E-state index is 9.29. The van der Waals surface area contributed by atoms with Crippen molar-refractivity contribution in [1.82, 2.24) is 9.80 Å². The molecule has 0 spiro atoms. The standard InChI is InChI=1S/C11H28N2O6Si/c1-17-20(18-2,19-3)8-4-5-12(9-14)6-7-13(10-15)11-16/h14-16H,4-11H2,1-3H3. The van der Waals surface area contributed by atoms with Crippen molar-refractivity contribution in [1.29, 1.82) is 0 Å². The van der Waals surface area contributed by atoms with Crippen LogP contribution in [0.25, 0.3) is 0 Å². The Kier molecular flexibility index (Phi) is 11.5. The van der Waals surface area contributed by atoms with Gasteiger partial charge in [-0.3, -0.25) is 9.80 Å². The first-order chi connectivity index (χ1) is 9.61. The summed E-state index contributed by atoms with van der Waals surface area (Å²) < 4.78 is 16.0. The first kappa shape index (κ1) is 19.9. The fraction of sp³-hybridized carbons (Fsp3) is 1.00. The monoisotopic (exact) mass is 312 g/mol. The van der Waals surface area contributed by atoms with Crippen molar-refractivity contribution in [3.05, 3.63) is 0 Å². The highest BCUT2D eigenvalue weighted by molar-refractivity contribution is 6.60. The number of hydrogen-bond donors (Lipinski definition) is 3. The molecule has 122 valence electrons. The van der Waals surface area contributed by atoms with Gasteiger partial charge in [0.1, 0.15) is 0 Å². The fourth-order valence-electron chi connectivity index (χ4n) is 1.80. The lowest BCUT2D eigenvalue weighted by Crippen LogP contribution is -2.43. The molecule has 9 heteroatoms. The molecule has 0 aliphatic heterocycles. The Bertz CT molecular complexity index is 221. The molecule has 0 saturated carbocycles. The second-order valence-corrected chi connectivity index (χ2v) is 7.43. The lowest BCUT2D eigenvalue weighted by atomic mass is 10.4. The highest BCUT2D eigenvalue weighted by atomic mass is 28.4. The van der Waals surface area contributed by atoms with Crippen LogP contribution in [-0.2, 0) is 13.3 Å². The molecule has 20 heavy (non-hydrogen) atoms. The van der Waals surface area contributed by atoms with Crippen LogP contribution in [0.15, 0.2) is 0 Å². The van der Waals surface area contributed by atoms with E-state index in [0.29, 0.717) is 25.7 Å². The summed E-state index contributed by atoms with van der Waals surface area (Å²) in [5, 5.41) is 27.1. The highest BCUT2D eigenvalue weighted by Gasteiger charge is 2.36. The van der Waals surface area contributed by atoms with E-state index in [1.807, 2.05) is 4.90 Å². The minimum absolute atomic E-state index is 0.0772. The van der Waals surface area contributed by atoms with Crippen LogP contribution < -0.4 is 0 Å². The Morgan fingerprint density at radius 2 is 1.20 bits per heavy atom. The zero-order valence-electron chi connectivity index (χ0n) is 12.6. The van der Waals surface area contributed by atoms with Crippen LogP contribution in [0.5, 0.6) is 0 Å². The molecule has 0 amide bonds. The van der Waals surface area contributed by atoms with Gasteiger partial charge in [0.25, 0.3) is 0 Å². The minimum Gasteiger partial charge on any atom is -0.381 e. The molecule has 0 unspecified atom stereocenters. The van der Waals surface area contributed by atoms with Gasteiger partial charge >= 0.3 is 8.80 Å². The molecular formula is C11H28N2O6Si. The van der Waals surface area contributed by atoms with E-state index in [-0.39, 0.29) is 20.2 Å². The molecule has 0 atom stereocenters. The Labute approximate surface area is 121 Å². The molecular weight excluding hydrogens is 284 g/mol. The maximum Gasteiger partial charge on any atom is 0.500 e. The number of aliphatic hydroxyl groups excluding tert-OH is 3. The number of nitrogens with zero attached hydrogens (tertiary/aromatic N) is 2. The molecule has 0 saturated heterocycles. The Morgan fingerprint density at radius 3 is 1.60 bits per heavy atom. The number of hydrogen-bond acceptors (Lipinski definition) is 8. The van der Waals surface area contributed by atoms with Crippen LogP contribution >= 0.6 is 0 Å². The average Bonchev–Trinajstić information content (AvgIpc) is 2.51. The summed E-state index contributed by atoms with van der Waals surface area (Å²) in [7, 11) is 2.16. The summed E-state index contributed by atoms with van der Waals surface area (Å²) in [5.41, 5.74) is 0. The smallest absolute Gasteiger partial charge is 0.381 e. The lowest BCUT2D eigenvalue weighted by molar-refractivity contribution is 0.0133. The van der Waals surface area contributed by atoms with E-state index in [9.17, 15) is 5.11 Å². The van der Waals surface area contributed by atoms with Gasteiger partial charge in [-0.1, -0.05) is 0 Å². The van der Waals surface area contributed by atoms with Crippen LogP contribution in [0, 0.1) is 0 Å². The molecule has 8 nitrogen and oxygen atoms in total. The predicted molar refractivity (Wildman–Crippen MR) is 75.7 cm³/mol. The third-order valence-corrected chi connectivity index (χ3v) is 6.05. The molecule has 0 bridgehead atoms. The summed E-state index contributed by atoms with van der Waals surface area (Å²) in [6.07, 6.45) is 0.764.